The number of carbonyl (C=O) groups excluding carboxylic acids is 1. The summed E-state index contributed by atoms with van der Waals surface area (Å²) in [5.74, 6) is -0.159. The van der Waals surface area contributed by atoms with Gasteiger partial charge in [0.15, 0.2) is 0 Å². The Morgan fingerprint density at radius 1 is 1.24 bits per heavy atom. The first-order valence-corrected chi connectivity index (χ1v) is 7.85. The molecule has 0 saturated carbocycles. The summed E-state index contributed by atoms with van der Waals surface area (Å²) in [6, 6.07) is 7.22. The Bertz CT molecular complexity index is 435. The van der Waals surface area contributed by atoms with E-state index >= 15 is 0 Å². The minimum atomic E-state index is -0.481. The highest BCUT2D eigenvalue weighted by atomic mass is 16.5. The Labute approximate surface area is 128 Å². The smallest absolute Gasteiger partial charge is 0.253 e. The summed E-state index contributed by atoms with van der Waals surface area (Å²) >= 11 is 0. The predicted octanol–water partition coefficient (Wildman–Crippen LogP) is 3.97. The van der Waals surface area contributed by atoms with Gasteiger partial charge in [0.25, 0.3) is 5.91 Å². The fourth-order valence-electron chi connectivity index (χ4n) is 2.18. The van der Waals surface area contributed by atoms with Crippen LogP contribution < -0.4 is 11.1 Å². The van der Waals surface area contributed by atoms with E-state index in [1.54, 1.807) is 19.1 Å². The second-order valence-corrected chi connectivity index (χ2v) is 5.51. The van der Waals surface area contributed by atoms with Crippen LogP contribution in [0.5, 0.6) is 0 Å². The van der Waals surface area contributed by atoms with Gasteiger partial charge >= 0.3 is 0 Å². The average Bonchev–Trinajstić information content (AvgIpc) is 2.46. The van der Waals surface area contributed by atoms with Crippen molar-refractivity contribution in [3.05, 3.63) is 24.3 Å². The summed E-state index contributed by atoms with van der Waals surface area (Å²) in [4.78, 5) is 12.1. The van der Waals surface area contributed by atoms with Crippen molar-refractivity contribution in [2.75, 3.05) is 11.1 Å². The van der Waals surface area contributed by atoms with Crippen LogP contribution in [0.2, 0.25) is 0 Å². The fraction of sp³-hybridized carbons (Fsp3) is 0.588. The Balaban J connectivity index is 2.35. The lowest BCUT2D eigenvalue weighted by Gasteiger charge is -2.19. The van der Waals surface area contributed by atoms with Crippen LogP contribution in [0.15, 0.2) is 24.3 Å². The number of nitrogen functional groups attached to an aromatic ring is 1. The molecular formula is C17H28N2O2. The summed E-state index contributed by atoms with van der Waals surface area (Å²) < 4.78 is 5.75. The highest BCUT2D eigenvalue weighted by Crippen LogP contribution is 2.17. The number of carbonyl (C=O) groups is 1. The lowest BCUT2D eigenvalue weighted by molar-refractivity contribution is -0.129. The normalized spacial score (nSPS) is 13.7. The summed E-state index contributed by atoms with van der Waals surface area (Å²) in [6.45, 7) is 5.99. The van der Waals surface area contributed by atoms with Gasteiger partial charge in [-0.3, -0.25) is 4.79 Å². The van der Waals surface area contributed by atoms with E-state index in [-0.39, 0.29) is 12.0 Å². The molecule has 0 bridgehead atoms. The molecule has 4 heteroatoms. The van der Waals surface area contributed by atoms with Gasteiger partial charge in [0.2, 0.25) is 0 Å². The van der Waals surface area contributed by atoms with Gasteiger partial charge in [0, 0.05) is 0 Å². The number of nitrogens with one attached hydrogen (secondary N) is 1. The van der Waals surface area contributed by atoms with Gasteiger partial charge in [0.1, 0.15) is 6.10 Å². The van der Waals surface area contributed by atoms with E-state index in [0.29, 0.717) is 11.4 Å². The maximum atomic E-state index is 12.1. The van der Waals surface area contributed by atoms with Crippen molar-refractivity contribution in [2.24, 2.45) is 0 Å². The summed E-state index contributed by atoms with van der Waals surface area (Å²) in [5, 5.41) is 2.80. The van der Waals surface area contributed by atoms with E-state index in [0.717, 1.165) is 12.8 Å². The Morgan fingerprint density at radius 2 is 1.95 bits per heavy atom. The highest BCUT2D eigenvalue weighted by Gasteiger charge is 2.17. The molecule has 21 heavy (non-hydrogen) atoms. The molecule has 1 rings (SSSR count). The maximum Gasteiger partial charge on any atom is 0.253 e. The van der Waals surface area contributed by atoms with Crippen LogP contribution in [0.4, 0.5) is 11.4 Å². The first-order chi connectivity index (χ1) is 10.0. The van der Waals surface area contributed by atoms with Crippen LogP contribution in [0.25, 0.3) is 0 Å². The van der Waals surface area contributed by atoms with Crippen LogP contribution >= 0.6 is 0 Å². The average molecular weight is 292 g/mol. The molecule has 2 unspecified atom stereocenters. The molecule has 2 atom stereocenters. The molecule has 1 aromatic rings. The van der Waals surface area contributed by atoms with Crippen LogP contribution in [0, 0.1) is 0 Å². The number of benzene rings is 1. The van der Waals surface area contributed by atoms with Crippen molar-refractivity contribution < 1.29 is 9.53 Å². The number of amides is 1. The molecule has 0 saturated heterocycles. The molecule has 0 aliphatic rings. The van der Waals surface area contributed by atoms with Gasteiger partial charge < -0.3 is 15.8 Å². The molecule has 0 fully saturated rings. The maximum absolute atomic E-state index is 12.1. The third-order valence-electron chi connectivity index (χ3n) is 3.49. The minimum absolute atomic E-state index is 0.0933. The predicted molar refractivity (Wildman–Crippen MR) is 88.3 cm³/mol. The molecule has 1 aromatic carbocycles. The third kappa shape index (κ3) is 6.63. The Morgan fingerprint density at radius 3 is 2.62 bits per heavy atom. The number of rotatable bonds is 9. The molecule has 4 nitrogen and oxygen atoms in total. The second kappa shape index (κ2) is 9.40. The van der Waals surface area contributed by atoms with E-state index in [1.165, 1.54) is 19.3 Å². The largest absolute Gasteiger partial charge is 0.397 e. The first-order valence-electron chi connectivity index (χ1n) is 7.85. The van der Waals surface area contributed by atoms with Crippen molar-refractivity contribution in [2.45, 2.75) is 65.1 Å². The molecular weight excluding hydrogens is 264 g/mol. The SMILES string of the molecule is CCCCCCC(C)OC(C)C(=O)Nc1ccccc1N. The molecule has 0 aliphatic heterocycles. The lowest BCUT2D eigenvalue weighted by atomic mass is 10.1. The summed E-state index contributed by atoms with van der Waals surface area (Å²) in [6.07, 6.45) is 5.47. The topological polar surface area (TPSA) is 64.3 Å². The fourth-order valence-corrected chi connectivity index (χ4v) is 2.18. The van der Waals surface area contributed by atoms with Crippen molar-refractivity contribution in [3.63, 3.8) is 0 Å². The molecule has 0 heterocycles. The number of para-hydroxylation sites is 2. The molecule has 0 spiro atoms. The summed E-state index contributed by atoms with van der Waals surface area (Å²) in [5.41, 5.74) is 7.00. The van der Waals surface area contributed by atoms with Crippen molar-refractivity contribution in [3.8, 4) is 0 Å². The van der Waals surface area contributed by atoms with Gasteiger partial charge in [-0.25, -0.2) is 0 Å². The standard InChI is InChI=1S/C17H28N2O2/c1-4-5-6-7-10-13(2)21-14(3)17(20)19-16-12-9-8-11-15(16)18/h8-9,11-14H,4-7,10,18H2,1-3H3,(H,19,20). The van der Waals surface area contributed by atoms with Gasteiger partial charge in [-0.2, -0.15) is 0 Å². The second-order valence-electron chi connectivity index (χ2n) is 5.51. The number of ether oxygens (including phenoxy) is 1. The molecule has 3 N–H and O–H groups in total. The molecule has 118 valence electrons. The van der Waals surface area contributed by atoms with E-state index in [9.17, 15) is 4.79 Å². The minimum Gasteiger partial charge on any atom is -0.397 e. The zero-order valence-electron chi connectivity index (χ0n) is 13.4. The van der Waals surface area contributed by atoms with Gasteiger partial charge in [0.05, 0.1) is 17.5 Å². The van der Waals surface area contributed by atoms with E-state index in [4.69, 9.17) is 10.5 Å². The van der Waals surface area contributed by atoms with E-state index in [2.05, 4.69) is 12.2 Å². The van der Waals surface area contributed by atoms with Gasteiger partial charge in [-0.15, -0.1) is 0 Å². The molecule has 1 amide bonds. The van der Waals surface area contributed by atoms with Crippen LogP contribution in [-0.4, -0.2) is 18.1 Å². The number of unbranched alkanes of at least 4 members (excludes halogenated alkanes) is 3. The van der Waals surface area contributed by atoms with Crippen LogP contribution in [-0.2, 0) is 9.53 Å². The van der Waals surface area contributed by atoms with Crippen LogP contribution in [0.1, 0.15) is 52.9 Å². The number of hydrogen-bond donors (Lipinski definition) is 2. The Hall–Kier alpha value is -1.55. The van der Waals surface area contributed by atoms with Crippen molar-refractivity contribution in [1.82, 2.24) is 0 Å². The van der Waals surface area contributed by atoms with Gasteiger partial charge in [-0.1, -0.05) is 44.7 Å². The summed E-state index contributed by atoms with van der Waals surface area (Å²) in [7, 11) is 0. The first kappa shape index (κ1) is 17.5. The monoisotopic (exact) mass is 292 g/mol. The van der Waals surface area contributed by atoms with E-state index in [1.807, 2.05) is 19.1 Å². The molecule has 0 radical (unpaired) electrons. The lowest BCUT2D eigenvalue weighted by Crippen LogP contribution is -2.31. The van der Waals surface area contributed by atoms with Crippen molar-refractivity contribution in [1.29, 1.82) is 0 Å². The quantitative estimate of drug-likeness (QED) is 0.534. The zero-order valence-corrected chi connectivity index (χ0v) is 13.4. The highest BCUT2D eigenvalue weighted by molar-refractivity contribution is 5.96. The third-order valence-corrected chi connectivity index (χ3v) is 3.49. The van der Waals surface area contributed by atoms with Crippen molar-refractivity contribution >= 4 is 17.3 Å². The number of hydrogen-bond acceptors (Lipinski definition) is 3. The number of anilines is 2. The molecule has 0 aromatic heterocycles. The molecule has 0 aliphatic carbocycles. The van der Waals surface area contributed by atoms with Gasteiger partial charge in [-0.05, 0) is 32.4 Å². The van der Waals surface area contributed by atoms with E-state index < -0.39 is 6.10 Å². The zero-order chi connectivity index (χ0) is 15.7. The number of nitrogens with two attached hydrogens (primary N) is 1. The van der Waals surface area contributed by atoms with Crippen LogP contribution in [0.3, 0.4) is 0 Å². The Kier molecular flexibility index (Phi) is 7.83.